The summed E-state index contributed by atoms with van der Waals surface area (Å²) in [5, 5.41) is 0.526. The maximum atomic E-state index is 12.0. The Balaban J connectivity index is 1.13. The molecule has 0 radical (unpaired) electrons. The molecule has 2 N–H and O–H groups in total. The Hall–Kier alpha value is -3.21. The molecule has 0 aliphatic carbocycles. The Bertz CT molecular complexity index is 1010. The molecule has 10 nitrogen and oxygen atoms in total. The van der Waals surface area contributed by atoms with Gasteiger partial charge in [0.2, 0.25) is 12.5 Å². The lowest BCUT2D eigenvalue weighted by Crippen LogP contribution is -2.47. The Kier molecular flexibility index (Phi) is 7.94. The molecule has 0 atom stereocenters. The number of fused-ring (bicyclic) bond motifs is 1. The molecule has 2 aliphatic heterocycles. The number of hydrogen-bond donors (Lipinski definition) is 2. The second-order valence-electron chi connectivity index (χ2n) is 7.87. The summed E-state index contributed by atoms with van der Waals surface area (Å²) in [6, 6.07) is 10.3. The molecule has 11 heteroatoms. The smallest absolute Gasteiger partial charge is 0.426 e. The van der Waals surface area contributed by atoms with Crippen LogP contribution in [0.5, 0.6) is 17.2 Å². The summed E-state index contributed by atoms with van der Waals surface area (Å²) < 4.78 is 21.5. The van der Waals surface area contributed by atoms with Gasteiger partial charge in [0.15, 0.2) is 11.5 Å². The van der Waals surface area contributed by atoms with E-state index in [0.717, 1.165) is 38.3 Å². The number of nitrogens with zero attached hydrogens (tertiary/aromatic N) is 2. The molecule has 0 bridgehead atoms. The van der Waals surface area contributed by atoms with Gasteiger partial charge >= 0.3 is 6.09 Å². The maximum absolute atomic E-state index is 12.0. The van der Waals surface area contributed by atoms with E-state index in [1.807, 2.05) is 12.1 Å². The highest BCUT2D eigenvalue weighted by Gasteiger charge is 2.22. The highest BCUT2D eigenvalue weighted by atomic mass is 35.5. The van der Waals surface area contributed by atoms with Crippen LogP contribution in [-0.2, 0) is 11.3 Å². The van der Waals surface area contributed by atoms with Crippen LogP contribution < -0.4 is 25.1 Å². The number of amides is 2. The summed E-state index contributed by atoms with van der Waals surface area (Å²) in [5.74, 6) is 1.60. The summed E-state index contributed by atoms with van der Waals surface area (Å²) >= 11 is 5.80. The van der Waals surface area contributed by atoms with Crippen molar-refractivity contribution in [2.75, 3.05) is 53.2 Å². The lowest BCUT2D eigenvalue weighted by molar-refractivity contribution is 0.0842. The van der Waals surface area contributed by atoms with Crippen molar-refractivity contribution in [3.8, 4) is 17.2 Å². The zero-order chi connectivity index (χ0) is 23.9. The predicted molar refractivity (Wildman–Crippen MR) is 124 cm³/mol. The Labute approximate surface area is 202 Å². The number of rotatable bonds is 7. The van der Waals surface area contributed by atoms with Gasteiger partial charge in [0.1, 0.15) is 6.61 Å². The van der Waals surface area contributed by atoms with Crippen LogP contribution in [-0.4, -0.2) is 75.0 Å². The fourth-order valence-corrected chi connectivity index (χ4v) is 3.92. The number of hydrogen-bond acceptors (Lipinski definition) is 8. The SMILES string of the molecule is COc1cc(CN2CCN(CCOC(=O)NNC(=O)c3ccc(Cl)cc3)CC2)cc2c1OCO2. The zero-order valence-electron chi connectivity index (χ0n) is 18.8. The molecule has 4 rings (SSSR count). The van der Waals surface area contributed by atoms with E-state index in [2.05, 4.69) is 20.7 Å². The van der Waals surface area contributed by atoms with Gasteiger partial charge in [-0.2, -0.15) is 0 Å². The van der Waals surface area contributed by atoms with Gasteiger partial charge in [0.05, 0.1) is 7.11 Å². The van der Waals surface area contributed by atoms with Crippen molar-refractivity contribution in [1.29, 1.82) is 0 Å². The van der Waals surface area contributed by atoms with Crippen LogP contribution in [0.4, 0.5) is 4.79 Å². The van der Waals surface area contributed by atoms with E-state index in [1.165, 1.54) is 0 Å². The van der Waals surface area contributed by atoms with E-state index >= 15 is 0 Å². The molecular formula is C23H27ClN4O6. The lowest BCUT2D eigenvalue weighted by atomic mass is 10.1. The van der Waals surface area contributed by atoms with Gasteiger partial charge in [-0.1, -0.05) is 11.6 Å². The fraction of sp³-hybridized carbons (Fsp3) is 0.391. The van der Waals surface area contributed by atoms with Gasteiger partial charge in [0.25, 0.3) is 5.91 Å². The van der Waals surface area contributed by atoms with Crippen molar-refractivity contribution in [2.24, 2.45) is 0 Å². The average molecular weight is 491 g/mol. The third-order valence-electron chi connectivity index (χ3n) is 5.61. The van der Waals surface area contributed by atoms with Crippen molar-refractivity contribution in [1.82, 2.24) is 20.7 Å². The summed E-state index contributed by atoms with van der Waals surface area (Å²) in [7, 11) is 1.62. The van der Waals surface area contributed by atoms with Gasteiger partial charge in [-0.25, -0.2) is 10.2 Å². The number of carbonyl (C=O) groups excluding carboxylic acids is 2. The van der Waals surface area contributed by atoms with Crippen molar-refractivity contribution in [2.45, 2.75) is 6.54 Å². The first kappa shape index (κ1) is 23.9. The lowest BCUT2D eigenvalue weighted by Gasteiger charge is -2.34. The Morgan fingerprint density at radius 1 is 1.03 bits per heavy atom. The topological polar surface area (TPSA) is 102 Å². The molecule has 0 unspecified atom stereocenters. The average Bonchev–Trinajstić information content (AvgIpc) is 3.32. The van der Waals surface area contributed by atoms with E-state index in [9.17, 15) is 9.59 Å². The van der Waals surface area contributed by atoms with Crippen LogP contribution in [0.15, 0.2) is 36.4 Å². The predicted octanol–water partition coefficient (Wildman–Crippen LogP) is 2.27. The molecule has 1 fully saturated rings. The first-order valence-corrected chi connectivity index (χ1v) is 11.3. The molecule has 182 valence electrons. The summed E-state index contributed by atoms with van der Waals surface area (Å²) in [6.07, 6.45) is -0.710. The number of piperazine rings is 1. The quantitative estimate of drug-likeness (QED) is 0.570. The normalized spacial score (nSPS) is 15.6. The molecule has 34 heavy (non-hydrogen) atoms. The minimum Gasteiger partial charge on any atom is -0.493 e. The molecule has 0 spiro atoms. The standard InChI is InChI=1S/C23H27ClN4O6/c1-31-19-12-16(13-20-21(19)34-15-33-20)14-28-8-6-27(7-9-28)10-11-32-23(30)26-25-22(29)17-2-4-18(24)5-3-17/h2-5,12-13H,6-11,14-15H2,1H3,(H,25,29)(H,26,30). The van der Waals surface area contributed by atoms with Crippen molar-refractivity contribution < 1.29 is 28.5 Å². The third-order valence-corrected chi connectivity index (χ3v) is 5.87. The Morgan fingerprint density at radius 2 is 1.76 bits per heavy atom. The van der Waals surface area contributed by atoms with Gasteiger partial charge < -0.3 is 18.9 Å². The zero-order valence-corrected chi connectivity index (χ0v) is 19.6. The van der Waals surface area contributed by atoms with Crippen LogP contribution in [0.25, 0.3) is 0 Å². The second kappa shape index (κ2) is 11.3. The van der Waals surface area contributed by atoms with Crippen LogP contribution >= 0.6 is 11.6 Å². The summed E-state index contributed by atoms with van der Waals surface area (Å²) in [5.41, 5.74) is 6.03. The summed E-state index contributed by atoms with van der Waals surface area (Å²) in [6.45, 7) is 5.34. The number of halogens is 1. The monoisotopic (exact) mass is 490 g/mol. The van der Waals surface area contributed by atoms with E-state index in [-0.39, 0.29) is 13.4 Å². The fourth-order valence-electron chi connectivity index (χ4n) is 3.79. The number of hydrazine groups is 1. The van der Waals surface area contributed by atoms with E-state index in [4.69, 9.17) is 30.5 Å². The molecule has 2 aromatic carbocycles. The minimum atomic E-state index is -0.710. The molecule has 0 aromatic heterocycles. The maximum Gasteiger partial charge on any atom is 0.426 e. The molecule has 2 aliphatic rings. The molecule has 0 saturated carbocycles. The number of carbonyl (C=O) groups is 2. The highest BCUT2D eigenvalue weighted by Crippen LogP contribution is 2.42. The third kappa shape index (κ3) is 6.22. The molecule has 2 amide bonds. The molecular weight excluding hydrogens is 464 g/mol. The van der Waals surface area contributed by atoms with Crippen LogP contribution in [0.3, 0.4) is 0 Å². The largest absolute Gasteiger partial charge is 0.493 e. The van der Waals surface area contributed by atoms with Gasteiger partial charge in [-0.15, -0.1) is 0 Å². The Morgan fingerprint density at radius 3 is 2.50 bits per heavy atom. The van der Waals surface area contributed by atoms with Crippen molar-refractivity contribution in [3.05, 3.63) is 52.5 Å². The first-order valence-electron chi connectivity index (χ1n) is 10.9. The number of nitrogens with one attached hydrogen (secondary N) is 2. The second-order valence-corrected chi connectivity index (χ2v) is 8.31. The number of methoxy groups -OCH3 is 1. The van der Waals surface area contributed by atoms with Crippen molar-refractivity contribution in [3.63, 3.8) is 0 Å². The van der Waals surface area contributed by atoms with Crippen LogP contribution in [0.1, 0.15) is 15.9 Å². The highest BCUT2D eigenvalue weighted by molar-refractivity contribution is 6.30. The van der Waals surface area contributed by atoms with E-state index in [1.54, 1.807) is 31.4 Å². The number of ether oxygens (including phenoxy) is 4. The molecule has 1 saturated heterocycles. The molecule has 2 heterocycles. The number of benzene rings is 2. The van der Waals surface area contributed by atoms with Crippen molar-refractivity contribution >= 4 is 23.6 Å². The minimum absolute atomic E-state index is 0.211. The van der Waals surface area contributed by atoms with Gasteiger partial charge in [-0.3, -0.25) is 20.0 Å². The van der Waals surface area contributed by atoms with Gasteiger partial charge in [-0.05, 0) is 42.0 Å². The van der Waals surface area contributed by atoms with E-state index < -0.39 is 12.0 Å². The van der Waals surface area contributed by atoms with Crippen LogP contribution in [0, 0.1) is 0 Å². The summed E-state index contributed by atoms with van der Waals surface area (Å²) in [4.78, 5) is 28.4. The van der Waals surface area contributed by atoms with E-state index in [0.29, 0.717) is 34.4 Å². The van der Waals surface area contributed by atoms with Gasteiger partial charge in [0, 0.05) is 49.9 Å². The molecule has 2 aromatic rings. The first-order chi connectivity index (χ1) is 16.5. The van der Waals surface area contributed by atoms with Crippen LogP contribution in [0.2, 0.25) is 5.02 Å².